The second-order valence-corrected chi connectivity index (χ2v) is 5.42. The largest absolute Gasteiger partial charge is 0.371 e. The summed E-state index contributed by atoms with van der Waals surface area (Å²) in [5, 5.41) is 0. The molecule has 0 bridgehead atoms. The van der Waals surface area contributed by atoms with Crippen LogP contribution in [0.25, 0.3) is 0 Å². The standard InChI is InChI=1S/C14H20N2O/c1-11(7-16-8-12-6-13(12)9-16)17-10-14-4-2-3-5-15-14/h2-5,11-13H,6-10H2,1H3. The van der Waals surface area contributed by atoms with Gasteiger partial charge in [0.15, 0.2) is 0 Å². The number of aromatic nitrogens is 1. The van der Waals surface area contributed by atoms with E-state index in [9.17, 15) is 0 Å². The Hall–Kier alpha value is -0.930. The Morgan fingerprint density at radius 3 is 2.94 bits per heavy atom. The summed E-state index contributed by atoms with van der Waals surface area (Å²) in [5.74, 6) is 2.02. The predicted molar refractivity (Wildman–Crippen MR) is 66.5 cm³/mol. The Bertz CT molecular complexity index is 358. The van der Waals surface area contributed by atoms with Crippen molar-refractivity contribution in [3.8, 4) is 0 Å². The van der Waals surface area contributed by atoms with Crippen LogP contribution in [-0.4, -0.2) is 35.6 Å². The Morgan fingerprint density at radius 2 is 2.24 bits per heavy atom. The smallest absolute Gasteiger partial charge is 0.0892 e. The van der Waals surface area contributed by atoms with Crippen LogP contribution in [0.2, 0.25) is 0 Å². The first-order valence-corrected chi connectivity index (χ1v) is 6.55. The van der Waals surface area contributed by atoms with Crippen LogP contribution in [0.1, 0.15) is 19.0 Å². The molecular weight excluding hydrogens is 212 g/mol. The number of fused-ring (bicyclic) bond motifs is 1. The van der Waals surface area contributed by atoms with Crippen molar-refractivity contribution in [2.45, 2.75) is 26.1 Å². The molecule has 0 amide bonds. The number of piperidine rings is 1. The molecule has 2 fully saturated rings. The first kappa shape index (κ1) is 11.2. The third-order valence-corrected chi connectivity index (χ3v) is 3.81. The van der Waals surface area contributed by atoms with Gasteiger partial charge >= 0.3 is 0 Å². The van der Waals surface area contributed by atoms with E-state index >= 15 is 0 Å². The van der Waals surface area contributed by atoms with E-state index in [4.69, 9.17) is 4.74 Å². The molecule has 1 saturated carbocycles. The summed E-state index contributed by atoms with van der Waals surface area (Å²) < 4.78 is 5.84. The summed E-state index contributed by atoms with van der Waals surface area (Å²) in [7, 11) is 0. The lowest BCUT2D eigenvalue weighted by Crippen LogP contribution is -2.32. The van der Waals surface area contributed by atoms with Gasteiger partial charge in [-0.2, -0.15) is 0 Å². The van der Waals surface area contributed by atoms with Crippen molar-refractivity contribution in [1.29, 1.82) is 0 Å². The predicted octanol–water partition coefficient (Wildman–Crippen LogP) is 1.94. The van der Waals surface area contributed by atoms with E-state index in [-0.39, 0.29) is 0 Å². The van der Waals surface area contributed by atoms with Crippen molar-refractivity contribution in [2.24, 2.45) is 11.8 Å². The van der Waals surface area contributed by atoms with Gasteiger partial charge in [-0.05, 0) is 37.3 Å². The van der Waals surface area contributed by atoms with E-state index in [2.05, 4.69) is 16.8 Å². The normalized spacial score (nSPS) is 29.0. The van der Waals surface area contributed by atoms with Gasteiger partial charge in [-0.1, -0.05) is 6.07 Å². The van der Waals surface area contributed by atoms with Crippen molar-refractivity contribution >= 4 is 0 Å². The zero-order chi connectivity index (χ0) is 11.7. The van der Waals surface area contributed by atoms with E-state index < -0.39 is 0 Å². The molecule has 0 N–H and O–H groups in total. The maximum atomic E-state index is 5.84. The quantitative estimate of drug-likeness (QED) is 0.775. The fourth-order valence-electron chi connectivity index (χ4n) is 2.77. The number of ether oxygens (including phenoxy) is 1. The van der Waals surface area contributed by atoms with Crippen LogP contribution >= 0.6 is 0 Å². The SMILES string of the molecule is CC(CN1CC2CC2C1)OCc1ccccn1. The molecule has 3 atom stereocenters. The number of hydrogen-bond donors (Lipinski definition) is 0. The van der Waals surface area contributed by atoms with Crippen LogP contribution in [0.3, 0.4) is 0 Å². The van der Waals surface area contributed by atoms with Crippen LogP contribution < -0.4 is 0 Å². The fourth-order valence-corrected chi connectivity index (χ4v) is 2.77. The van der Waals surface area contributed by atoms with Gasteiger partial charge in [0.1, 0.15) is 0 Å². The molecule has 1 aliphatic carbocycles. The first-order valence-electron chi connectivity index (χ1n) is 6.55. The monoisotopic (exact) mass is 232 g/mol. The minimum absolute atomic E-state index is 0.300. The van der Waals surface area contributed by atoms with E-state index in [1.54, 1.807) is 0 Å². The maximum absolute atomic E-state index is 5.84. The molecule has 92 valence electrons. The molecule has 3 nitrogen and oxygen atoms in total. The van der Waals surface area contributed by atoms with E-state index in [0.29, 0.717) is 12.7 Å². The highest BCUT2D eigenvalue weighted by Crippen LogP contribution is 2.44. The van der Waals surface area contributed by atoms with E-state index in [1.807, 2.05) is 24.4 Å². The first-order chi connectivity index (χ1) is 8.31. The lowest BCUT2D eigenvalue weighted by Gasteiger charge is -2.22. The van der Waals surface area contributed by atoms with Crippen LogP contribution in [0.5, 0.6) is 0 Å². The number of nitrogens with zero attached hydrogens (tertiary/aromatic N) is 2. The zero-order valence-corrected chi connectivity index (χ0v) is 10.4. The molecule has 3 rings (SSSR count). The molecule has 2 aliphatic rings. The van der Waals surface area contributed by atoms with E-state index in [1.165, 1.54) is 19.5 Å². The van der Waals surface area contributed by atoms with Gasteiger partial charge in [-0.15, -0.1) is 0 Å². The van der Waals surface area contributed by atoms with Gasteiger partial charge in [0.05, 0.1) is 18.4 Å². The third-order valence-electron chi connectivity index (χ3n) is 3.81. The molecule has 1 aromatic rings. The van der Waals surface area contributed by atoms with Crippen LogP contribution in [0.4, 0.5) is 0 Å². The van der Waals surface area contributed by atoms with Crippen molar-refractivity contribution in [3.05, 3.63) is 30.1 Å². The molecule has 17 heavy (non-hydrogen) atoms. The summed E-state index contributed by atoms with van der Waals surface area (Å²) in [6.45, 7) is 6.44. The number of rotatable bonds is 5. The topological polar surface area (TPSA) is 25.4 Å². The minimum Gasteiger partial charge on any atom is -0.371 e. The molecule has 0 radical (unpaired) electrons. The minimum atomic E-state index is 0.300. The van der Waals surface area contributed by atoms with E-state index in [0.717, 1.165) is 24.1 Å². The second kappa shape index (κ2) is 4.75. The Balaban J connectivity index is 1.40. The van der Waals surface area contributed by atoms with Crippen LogP contribution in [0.15, 0.2) is 24.4 Å². The molecule has 0 spiro atoms. The summed E-state index contributed by atoms with van der Waals surface area (Å²) >= 11 is 0. The molecular formula is C14H20N2O. The number of likely N-dealkylation sites (tertiary alicyclic amines) is 1. The summed E-state index contributed by atoms with van der Waals surface area (Å²) in [6.07, 6.45) is 3.59. The molecule has 1 saturated heterocycles. The van der Waals surface area contributed by atoms with Crippen LogP contribution in [-0.2, 0) is 11.3 Å². The second-order valence-electron chi connectivity index (χ2n) is 5.42. The number of hydrogen-bond acceptors (Lipinski definition) is 3. The van der Waals surface area contributed by atoms with Gasteiger partial charge in [-0.25, -0.2) is 0 Å². The van der Waals surface area contributed by atoms with Gasteiger partial charge in [0.2, 0.25) is 0 Å². The summed E-state index contributed by atoms with van der Waals surface area (Å²) in [4.78, 5) is 6.81. The fraction of sp³-hybridized carbons (Fsp3) is 0.643. The van der Waals surface area contributed by atoms with Crippen molar-refractivity contribution in [1.82, 2.24) is 9.88 Å². The third kappa shape index (κ3) is 2.85. The molecule has 3 heteroatoms. The average molecular weight is 232 g/mol. The lowest BCUT2D eigenvalue weighted by atomic mass is 10.3. The Labute approximate surface area is 103 Å². The molecule has 1 aromatic heterocycles. The highest BCUT2D eigenvalue weighted by molar-refractivity contribution is 5.02. The Kier molecular flexibility index (Phi) is 3.12. The Morgan fingerprint density at radius 1 is 1.41 bits per heavy atom. The summed E-state index contributed by atoms with van der Waals surface area (Å²) in [6, 6.07) is 5.95. The molecule has 1 aliphatic heterocycles. The maximum Gasteiger partial charge on any atom is 0.0892 e. The molecule has 3 unspecified atom stereocenters. The van der Waals surface area contributed by atoms with Gasteiger partial charge < -0.3 is 9.64 Å². The average Bonchev–Trinajstić information content (AvgIpc) is 2.96. The molecule has 0 aromatic carbocycles. The van der Waals surface area contributed by atoms with Crippen molar-refractivity contribution in [2.75, 3.05) is 19.6 Å². The highest BCUT2D eigenvalue weighted by Gasteiger charge is 2.44. The van der Waals surface area contributed by atoms with Crippen molar-refractivity contribution < 1.29 is 4.74 Å². The summed E-state index contributed by atoms with van der Waals surface area (Å²) in [5.41, 5.74) is 1.02. The van der Waals surface area contributed by atoms with Crippen LogP contribution in [0, 0.1) is 11.8 Å². The van der Waals surface area contributed by atoms with Gasteiger partial charge in [0.25, 0.3) is 0 Å². The highest BCUT2D eigenvalue weighted by atomic mass is 16.5. The molecule has 2 heterocycles. The van der Waals surface area contributed by atoms with Gasteiger partial charge in [-0.3, -0.25) is 4.98 Å². The lowest BCUT2D eigenvalue weighted by molar-refractivity contribution is 0.0278. The number of pyridine rings is 1. The van der Waals surface area contributed by atoms with Crippen molar-refractivity contribution in [3.63, 3.8) is 0 Å². The zero-order valence-electron chi connectivity index (χ0n) is 10.4. The van der Waals surface area contributed by atoms with Gasteiger partial charge in [0, 0.05) is 25.8 Å².